The van der Waals surface area contributed by atoms with E-state index in [4.69, 9.17) is 9.47 Å². The Balaban J connectivity index is 2.27. The van der Waals surface area contributed by atoms with Gasteiger partial charge in [0.2, 0.25) is 0 Å². The van der Waals surface area contributed by atoms with Gasteiger partial charge in [0, 0.05) is 5.56 Å². The smallest absolute Gasteiger partial charge is 0.150 e. The first-order valence-electron chi connectivity index (χ1n) is 6.02. The highest BCUT2D eigenvalue weighted by Crippen LogP contribution is 2.31. The lowest BCUT2D eigenvalue weighted by Crippen LogP contribution is -1.93. The fourth-order valence-corrected chi connectivity index (χ4v) is 1.83. The molecule has 3 heteroatoms. The molecule has 0 spiro atoms. The Hall–Kier alpha value is -2.29. The van der Waals surface area contributed by atoms with Crippen LogP contribution in [0.15, 0.2) is 36.4 Å². The first-order valence-corrected chi connectivity index (χ1v) is 6.02. The minimum Gasteiger partial charge on any atom is -0.496 e. The lowest BCUT2D eigenvalue weighted by Gasteiger charge is -2.12. The van der Waals surface area contributed by atoms with Crippen molar-refractivity contribution in [2.75, 3.05) is 7.11 Å². The molecule has 0 saturated carbocycles. The van der Waals surface area contributed by atoms with Crippen molar-refractivity contribution in [3.05, 3.63) is 53.1 Å². The van der Waals surface area contributed by atoms with E-state index in [0.717, 1.165) is 28.9 Å². The molecule has 0 aliphatic heterocycles. The average Bonchev–Trinajstić information content (AvgIpc) is 2.43. The van der Waals surface area contributed by atoms with E-state index in [1.54, 1.807) is 31.4 Å². The lowest BCUT2D eigenvalue weighted by atomic mass is 10.1. The summed E-state index contributed by atoms with van der Waals surface area (Å²) in [5, 5.41) is 0. The van der Waals surface area contributed by atoms with E-state index in [9.17, 15) is 4.79 Å². The second kappa shape index (κ2) is 5.57. The number of ether oxygens (including phenoxy) is 2. The van der Waals surface area contributed by atoms with Crippen molar-refractivity contribution in [1.29, 1.82) is 0 Å². The molecule has 0 aliphatic carbocycles. The molecule has 0 heterocycles. The Morgan fingerprint density at radius 3 is 2.11 bits per heavy atom. The number of rotatable bonds is 4. The van der Waals surface area contributed by atoms with Crippen LogP contribution in [0, 0.1) is 13.8 Å². The molecule has 0 aliphatic rings. The van der Waals surface area contributed by atoms with E-state index in [1.807, 2.05) is 26.0 Å². The fraction of sp³-hybridized carbons (Fsp3) is 0.188. The zero-order valence-corrected chi connectivity index (χ0v) is 11.3. The van der Waals surface area contributed by atoms with E-state index < -0.39 is 0 Å². The van der Waals surface area contributed by atoms with E-state index in [0.29, 0.717) is 11.3 Å². The van der Waals surface area contributed by atoms with E-state index in [2.05, 4.69) is 0 Å². The van der Waals surface area contributed by atoms with Crippen LogP contribution in [0.2, 0.25) is 0 Å². The van der Waals surface area contributed by atoms with Gasteiger partial charge in [0.1, 0.15) is 23.5 Å². The van der Waals surface area contributed by atoms with Gasteiger partial charge in [-0.2, -0.15) is 0 Å². The Morgan fingerprint density at radius 2 is 1.53 bits per heavy atom. The number of carbonyl (C=O) groups is 1. The molecule has 0 N–H and O–H groups in total. The topological polar surface area (TPSA) is 35.5 Å². The minimum absolute atomic E-state index is 0.634. The van der Waals surface area contributed by atoms with E-state index >= 15 is 0 Å². The Bertz CT molecular complexity index is 586. The number of methoxy groups -OCH3 is 1. The number of aldehydes is 1. The molecule has 0 unspecified atom stereocenters. The highest BCUT2D eigenvalue weighted by molar-refractivity contribution is 5.74. The number of hydrogen-bond acceptors (Lipinski definition) is 3. The Labute approximate surface area is 112 Å². The second-order valence-corrected chi connectivity index (χ2v) is 4.38. The maximum absolute atomic E-state index is 10.6. The van der Waals surface area contributed by atoms with Crippen LogP contribution in [0.1, 0.15) is 21.5 Å². The molecule has 0 bridgehead atoms. The normalized spacial score (nSPS) is 10.1. The maximum atomic E-state index is 10.6. The van der Waals surface area contributed by atoms with Gasteiger partial charge in [-0.3, -0.25) is 4.79 Å². The average molecular weight is 256 g/mol. The van der Waals surface area contributed by atoms with Crippen LogP contribution >= 0.6 is 0 Å². The van der Waals surface area contributed by atoms with Crippen molar-refractivity contribution in [3.63, 3.8) is 0 Å². The molecule has 0 aromatic heterocycles. The van der Waals surface area contributed by atoms with Crippen LogP contribution in [-0.2, 0) is 0 Å². The predicted molar refractivity (Wildman–Crippen MR) is 74.4 cm³/mol. The molecular formula is C16H16O3. The van der Waals surface area contributed by atoms with Gasteiger partial charge in [-0.1, -0.05) is 0 Å². The third-order valence-corrected chi connectivity index (χ3v) is 2.94. The number of hydrogen-bond donors (Lipinski definition) is 0. The van der Waals surface area contributed by atoms with Crippen molar-refractivity contribution in [1.82, 2.24) is 0 Å². The summed E-state index contributed by atoms with van der Waals surface area (Å²) < 4.78 is 11.1. The number of carbonyl (C=O) groups excluding carboxylic acids is 1. The van der Waals surface area contributed by atoms with Crippen LogP contribution in [0.5, 0.6) is 17.2 Å². The third-order valence-electron chi connectivity index (χ3n) is 2.94. The summed E-state index contributed by atoms with van der Waals surface area (Å²) in [4.78, 5) is 10.6. The molecule has 3 nitrogen and oxygen atoms in total. The molecule has 0 saturated heterocycles. The van der Waals surface area contributed by atoms with E-state index in [1.165, 1.54) is 0 Å². The van der Waals surface area contributed by atoms with Gasteiger partial charge in [0.05, 0.1) is 7.11 Å². The summed E-state index contributed by atoms with van der Waals surface area (Å²) in [5.41, 5.74) is 2.66. The van der Waals surface area contributed by atoms with Crippen molar-refractivity contribution in [3.8, 4) is 17.2 Å². The summed E-state index contributed by atoms with van der Waals surface area (Å²) in [7, 11) is 1.65. The molecule has 98 valence electrons. The minimum atomic E-state index is 0.634. The van der Waals surface area contributed by atoms with Crippen LogP contribution in [-0.4, -0.2) is 13.4 Å². The quantitative estimate of drug-likeness (QED) is 0.778. The summed E-state index contributed by atoms with van der Waals surface area (Å²) in [6.07, 6.45) is 0.812. The van der Waals surface area contributed by atoms with Gasteiger partial charge < -0.3 is 9.47 Å². The van der Waals surface area contributed by atoms with E-state index in [-0.39, 0.29) is 0 Å². The Morgan fingerprint density at radius 1 is 0.947 bits per heavy atom. The van der Waals surface area contributed by atoms with Gasteiger partial charge in [-0.05, 0) is 61.4 Å². The molecule has 0 amide bonds. The molecule has 0 fully saturated rings. The summed E-state index contributed by atoms with van der Waals surface area (Å²) in [5.74, 6) is 2.34. The summed E-state index contributed by atoms with van der Waals surface area (Å²) in [6, 6.07) is 10.9. The lowest BCUT2D eigenvalue weighted by molar-refractivity contribution is 0.112. The molecule has 2 aromatic carbocycles. The van der Waals surface area contributed by atoms with Gasteiger partial charge in [0.25, 0.3) is 0 Å². The SMILES string of the molecule is COc1cc(C)c(Oc2ccc(C=O)cc2)cc1C. The number of benzene rings is 2. The zero-order valence-electron chi connectivity index (χ0n) is 11.3. The molecule has 19 heavy (non-hydrogen) atoms. The Kier molecular flexibility index (Phi) is 3.85. The third kappa shape index (κ3) is 2.94. The monoisotopic (exact) mass is 256 g/mol. The first kappa shape index (κ1) is 13.1. The fourth-order valence-electron chi connectivity index (χ4n) is 1.83. The summed E-state index contributed by atoms with van der Waals surface area (Å²) in [6.45, 7) is 3.94. The van der Waals surface area contributed by atoms with Crippen LogP contribution in [0.4, 0.5) is 0 Å². The van der Waals surface area contributed by atoms with Crippen molar-refractivity contribution < 1.29 is 14.3 Å². The van der Waals surface area contributed by atoms with Crippen LogP contribution < -0.4 is 9.47 Å². The first-order chi connectivity index (χ1) is 9.13. The standard InChI is InChI=1S/C16H16O3/c1-11-9-16(12(2)8-15(11)18-3)19-14-6-4-13(10-17)5-7-14/h4-10H,1-3H3. The van der Waals surface area contributed by atoms with Gasteiger partial charge in [-0.25, -0.2) is 0 Å². The second-order valence-electron chi connectivity index (χ2n) is 4.38. The number of aryl methyl sites for hydroxylation is 2. The highest BCUT2D eigenvalue weighted by Gasteiger charge is 2.07. The maximum Gasteiger partial charge on any atom is 0.150 e. The van der Waals surface area contributed by atoms with Gasteiger partial charge in [0.15, 0.2) is 0 Å². The molecule has 2 rings (SSSR count). The largest absolute Gasteiger partial charge is 0.496 e. The van der Waals surface area contributed by atoms with Crippen molar-refractivity contribution in [2.24, 2.45) is 0 Å². The highest BCUT2D eigenvalue weighted by atomic mass is 16.5. The van der Waals surface area contributed by atoms with Crippen molar-refractivity contribution in [2.45, 2.75) is 13.8 Å². The van der Waals surface area contributed by atoms with Gasteiger partial charge >= 0.3 is 0 Å². The zero-order chi connectivity index (χ0) is 13.8. The van der Waals surface area contributed by atoms with Crippen LogP contribution in [0.3, 0.4) is 0 Å². The molecule has 2 aromatic rings. The molecule has 0 radical (unpaired) electrons. The molecule has 0 atom stereocenters. The predicted octanol–water partition coefficient (Wildman–Crippen LogP) is 3.92. The van der Waals surface area contributed by atoms with Crippen molar-refractivity contribution >= 4 is 6.29 Å². The molecular weight excluding hydrogens is 240 g/mol. The van der Waals surface area contributed by atoms with Gasteiger partial charge in [-0.15, -0.1) is 0 Å². The van der Waals surface area contributed by atoms with Crippen LogP contribution in [0.25, 0.3) is 0 Å². The summed E-state index contributed by atoms with van der Waals surface area (Å²) >= 11 is 0.